The highest BCUT2D eigenvalue weighted by atomic mass is 16.3. The Morgan fingerprint density at radius 1 is 0.977 bits per heavy atom. The first-order chi connectivity index (χ1) is 21.2. The van der Waals surface area contributed by atoms with Crippen molar-refractivity contribution in [1.82, 2.24) is 24.3 Å². The first-order valence-electron chi connectivity index (χ1n) is 15.5. The molecule has 4 aromatic rings. The zero-order valence-electron chi connectivity index (χ0n) is 25.8. The van der Waals surface area contributed by atoms with E-state index < -0.39 is 0 Å². The molecule has 2 aromatic carbocycles. The summed E-state index contributed by atoms with van der Waals surface area (Å²) in [6, 6.07) is 12.0. The number of amides is 1. The number of nitrogens with two attached hydrogens (primary N) is 1. The first-order valence-corrected chi connectivity index (χ1v) is 15.5. The average molecular weight is 592 g/mol. The maximum atomic E-state index is 13.2. The number of nitrogens with zero attached hydrogens (tertiary/aromatic N) is 5. The van der Waals surface area contributed by atoms with Crippen molar-refractivity contribution in [2.75, 3.05) is 44.3 Å². The fourth-order valence-corrected chi connectivity index (χ4v) is 6.25. The molecule has 9 nitrogen and oxygen atoms in total. The number of carbonyl (C=O) groups excluding carboxylic acids is 1. The summed E-state index contributed by atoms with van der Waals surface area (Å²) in [5.74, 6) is 6.88. The minimum absolute atomic E-state index is 0.146. The van der Waals surface area contributed by atoms with Crippen LogP contribution in [0.1, 0.15) is 69.9 Å². The highest BCUT2D eigenvalue weighted by Crippen LogP contribution is 2.34. The van der Waals surface area contributed by atoms with Gasteiger partial charge in [0, 0.05) is 61.8 Å². The summed E-state index contributed by atoms with van der Waals surface area (Å²) in [7, 11) is 2.16. The van der Waals surface area contributed by atoms with Crippen molar-refractivity contribution >= 4 is 28.4 Å². The number of nitrogens with one attached hydrogen (secondary N) is 1. The normalized spacial score (nSPS) is 19.5. The van der Waals surface area contributed by atoms with Crippen LogP contribution in [0, 0.1) is 25.7 Å². The molecule has 1 aliphatic heterocycles. The number of carbonyl (C=O) groups is 1. The molecule has 0 spiro atoms. The van der Waals surface area contributed by atoms with Gasteiger partial charge >= 0.3 is 0 Å². The molecule has 6 rings (SSSR count). The number of rotatable bonds is 5. The van der Waals surface area contributed by atoms with Crippen LogP contribution >= 0.6 is 0 Å². The molecule has 228 valence electrons. The topological polar surface area (TPSA) is 113 Å². The number of anilines is 2. The highest BCUT2D eigenvalue weighted by molar-refractivity contribution is 6.04. The highest BCUT2D eigenvalue weighted by Gasteiger charge is 2.24. The van der Waals surface area contributed by atoms with Crippen LogP contribution in [0.3, 0.4) is 0 Å². The predicted molar refractivity (Wildman–Crippen MR) is 175 cm³/mol. The molecule has 1 aliphatic carbocycles. The molecule has 1 amide bonds. The van der Waals surface area contributed by atoms with Gasteiger partial charge in [0.05, 0.1) is 17.1 Å². The van der Waals surface area contributed by atoms with Gasteiger partial charge in [0.2, 0.25) is 0 Å². The van der Waals surface area contributed by atoms with E-state index in [-0.39, 0.29) is 18.1 Å². The van der Waals surface area contributed by atoms with Gasteiger partial charge in [0.15, 0.2) is 0 Å². The fraction of sp³-hybridized carbons (Fsp3) is 0.400. The fourth-order valence-electron chi connectivity index (χ4n) is 6.25. The van der Waals surface area contributed by atoms with Crippen molar-refractivity contribution in [1.29, 1.82) is 0 Å². The zero-order chi connectivity index (χ0) is 30.8. The maximum absolute atomic E-state index is 13.2. The molecular formula is C35H41N7O2. The predicted octanol–water partition coefficient (Wildman–Crippen LogP) is 4.51. The molecule has 3 heterocycles. The smallest absolute Gasteiger partial charge is 0.255 e. The van der Waals surface area contributed by atoms with Crippen LogP contribution in [-0.4, -0.2) is 74.7 Å². The number of aromatic nitrogens is 3. The molecule has 0 radical (unpaired) electrons. The molecular weight excluding hydrogens is 550 g/mol. The lowest BCUT2D eigenvalue weighted by molar-refractivity contribution is 0.102. The monoisotopic (exact) mass is 591 g/mol. The summed E-state index contributed by atoms with van der Waals surface area (Å²) in [6.07, 6.45) is 6.55. The van der Waals surface area contributed by atoms with E-state index in [0.29, 0.717) is 17.1 Å². The lowest BCUT2D eigenvalue weighted by atomic mass is 9.93. The number of nitrogen functional groups attached to an aromatic ring is 1. The molecule has 44 heavy (non-hydrogen) atoms. The minimum Gasteiger partial charge on any atom is -0.393 e. The Balaban J connectivity index is 1.20. The van der Waals surface area contributed by atoms with E-state index in [0.717, 1.165) is 91.7 Å². The molecule has 9 heteroatoms. The Labute approximate surface area is 259 Å². The SMILES string of the molecule is Cc1ccc(NC(=O)c2ccc(CN3CCN(C)CC3)c(C)c2)cc1C#Cc1cn(C2CCC(O)CC2)c2ncnc(N)c12. The summed E-state index contributed by atoms with van der Waals surface area (Å²) in [5, 5.41) is 13.8. The van der Waals surface area contributed by atoms with Crippen LogP contribution in [0.2, 0.25) is 0 Å². The number of aryl methyl sites for hydroxylation is 2. The number of piperazine rings is 1. The second kappa shape index (κ2) is 12.8. The minimum atomic E-state index is -0.238. The van der Waals surface area contributed by atoms with E-state index in [9.17, 15) is 9.90 Å². The van der Waals surface area contributed by atoms with E-state index in [1.54, 1.807) is 0 Å². The summed E-state index contributed by atoms with van der Waals surface area (Å²) >= 11 is 0. The van der Waals surface area contributed by atoms with Crippen LogP contribution in [0.4, 0.5) is 11.5 Å². The van der Waals surface area contributed by atoms with Gasteiger partial charge in [0.1, 0.15) is 17.8 Å². The number of benzene rings is 2. The molecule has 2 aromatic heterocycles. The third-order valence-corrected chi connectivity index (χ3v) is 9.12. The van der Waals surface area contributed by atoms with Crippen molar-refractivity contribution in [2.45, 2.75) is 58.2 Å². The molecule has 4 N–H and O–H groups in total. The second-order valence-corrected chi connectivity index (χ2v) is 12.3. The van der Waals surface area contributed by atoms with Crippen LogP contribution in [-0.2, 0) is 6.54 Å². The number of likely N-dealkylation sites (N-methyl/N-ethyl adjacent to an activating group) is 1. The molecule has 0 unspecified atom stereocenters. The Kier molecular flexibility index (Phi) is 8.67. The Hall–Kier alpha value is -4.23. The van der Waals surface area contributed by atoms with Crippen molar-refractivity contribution in [3.05, 3.63) is 82.3 Å². The number of aliphatic hydroxyl groups is 1. The van der Waals surface area contributed by atoms with Crippen LogP contribution in [0.25, 0.3) is 11.0 Å². The summed E-state index contributed by atoms with van der Waals surface area (Å²) in [5.41, 5.74) is 13.4. The van der Waals surface area contributed by atoms with E-state index >= 15 is 0 Å². The molecule has 0 bridgehead atoms. The summed E-state index contributed by atoms with van der Waals surface area (Å²) in [6.45, 7) is 9.28. The van der Waals surface area contributed by atoms with Gasteiger partial charge in [-0.15, -0.1) is 0 Å². The first kappa shape index (κ1) is 29.8. The van der Waals surface area contributed by atoms with Crippen molar-refractivity contribution < 1.29 is 9.90 Å². The largest absolute Gasteiger partial charge is 0.393 e. The van der Waals surface area contributed by atoms with E-state index in [4.69, 9.17) is 5.73 Å². The van der Waals surface area contributed by atoms with Crippen molar-refractivity contribution in [3.63, 3.8) is 0 Å². The number of fused-ring (bicyclic) bond motifs is 1. The third-order valence-electron chi connectivity index (χ3n) is 9.12. The van der Waals surface area contributed by atoms with Crippen LogP contribution < -0.4 is 11.1 Å². The number of aliphatic hydroxyl groups excluding tert-OH is 1. The summed E-state index contributed by atoms with van der Waals surface area (Å²) < 4.78 is 2.14. The van der Waals surface area contributed by atoms with Gasteiger partial charge in [-0.25, -0.2) is 9.97 Å². The lowest BCUT2D eigenvalue weighted by Crippen LogP contribution is -2.43. The lowest BCUT2D eigenvalue weighted by Gasteiger charge is -2.32. The van der Waals surface area contributed by atoms with Crippen LogP contribution in [0.5, 0.6) is 0 Å². The van der Waals surface area contributed by atoms with Crippen molar-refractivity contribution in [2.24, 2.45) is 0 Å². The Bertz CT molecular complexity index is 1740. The van der Waals surface area contributed by atoms with E-state index in [1.807, 2.05) is 43.5 Å². The van der Waals surface area contributed by atoms with Gasteiger partial charge in [-0.1, -0.05) is 24.0 Å². The molecule has 0 atom stereocenters. The van der Waals surface area contributed by atoms with Gasteiger partial charge < -0.3 is 25.6 Å². The van der Waals surface area contributed by atoms with E-state index in [1.165, 1.54) is 11.9 Å². The molecule has 2 fully saturated rings. The molecule has 1 saturated carbocycles. The zero-order valence-corrected chi connectivity index (χ0v) is 25.8. The molecule has 1 saturated heterocycles. The van der Waals surface area contributed by atoms with Gasteiger partial charge in [-0.3, -0.25) is 9.69 Å². The van der Waals surface area contributed by atoms with Crippen molar-refractivity contribution in [3.8, 4) is 11.8 Å². The summed E-state index contributed by atoms with van der Waals surface area (Å²) in [4.78, 5) is 26.8. The Morgan fingerprint density at radius 2 is 1.73 bits per heavy atom. The van der Waals surface area contributed by atoms with Gasteiger partial charge in [-0.2, -0.15) is 0 Å². The van der Waals surface area contributed by atoms with Gasteiger partial charge in [0.25, 0.3) is 5.91 Å². The van der Waals surface area contributed by atoms with Gasteiger partial charge in [-0.05, 0) is 87.5 Å². The quantitative estimate of drug-likeness (QED) is 0.293. The average Bonchev–Trinajstić information content (AvgIpc) is 3.39. The number of hydrogen-bond donors (Lipinski definition) is 3. The molecule has 2 aliphatic rings. The second-order valence-electron chi connectivity index (χ2n) is 12.3. The maximum Gasteiger partial charge on any atom is 0.255 e. The van der Waals surface area contributed by atoms with Crippen LogP contribution in [0.15, 0.2) is 48.9 Å². The Morgan fingerprint density at radius 3 is 2.48 bits per heavy atom. The third kappa shape index (κ3) is 6.48. The van der Waals surface area contributed by atoms with E-state index in [2.05, 4.69) is 61.5 Å². The standard InChI is InChI=1S/C35H41N7O2/c1-23-4-9-29(39-35(44)26-6-7-27(24(2)18-26)20-41-16-14-40(3)15-17-41)19-25(23)5-8-28-21-42(30-10-12-31(43)13-11-30)34-32(28)33(36)37-22-38-34/h4,6-7,9,18-19,21-22,30-31,43H,10-17,20H2,1-3H3,(H,39,44)(H2,36,37,38). The number of hydrogen-bond acceptors (Lipinski definition) is 7.